The molecule has 3 unspecified atom stereocenters. The normalized spacial score (nSPS) is 25.0. The van der Waals surface area contributed by atoms with Crippen LogP contribution in [0.2, 0.25) is 0 Å². The number of hydrogen-bond acceptors (Lipinski definition) is 2. The van der Waals surface area contributed by atoms with E-state index in [1.807, 2.05) is 12.1 Å². The molecular weight excluding hydrogens is 294 g/mol. The number of rotatable bonds is 3. The van der Waals surface area contributed by atoms with E-state index < -0.39 is 11.9 Å². The van der Waals surface area contributed by atoms with Gasteiger partial charge in [0.25, 0.3) is 0 Å². The van der Waals surface area contributed by atoms with Gasteiger partial charge in [-0.15, -0.1) is 0 Å². The maximum absolute atomic E-state index is 11.6. The molecule has 1 aliphatic rings. The third-order valence-corrected chi connectivity index (χ3v) is 4.50. The molecule has 3 atom stereocenters. The lowest BCUT2D eigenvalue weighted by atomic mass is 9.80. The Morgan fingerprint density at radius 2 is 2.22 bits per heavy atom. The van der Waals surface area contributed by atoms with E-state index in [0.29, 0.717) is 11.6 Å². The second-order valence-corrected chi connectivity index (χ2v) is 6.08. The fourth-order valence-electron chi connectivity index (χ4n) is 3.03. The van der Waals surface area contributed by atoms with Crippen LogP contribution in [0.25, 0.3) is 0 Å². The highest BCUT2D eigenvalue weighted by Crippen LogP contribution is 2.43. The van der Waals surface area contributed by atoms with Crippen LogP contribution in [0.15, 0.2) is 22.7 Å². The van der Waals surface area contributed by atoms with Gasteiger partial charge in [0.15, 0.2) is 0 Å². The molecule has 18 heavy (non-hydrogen) atoms. The number of aliphatic carboxylic acids is 1. The van der Waals surface area contributed by atoms with Crippen LogP contribution in [0, 0.1) is 11.8 Å². The van der Waals surface area contributed by atoms with Crippen LogP contribution in [-0.2, 0) is 4.79 Å². The molecule has 4 heteroatoms. The van der Waals surface area contributed by atoms with Crippen molar-refractivity contribution in [3.63, 3.8) is 0 Å². The first-order valence-electron chi connectivity index (χ1n) is 6.28. The first kappa shape index (κ1) is 13.4. The predicted molar refractivity (Wildman–Crippen MR) is 75.4 cm³/mol. The second-order valence-electron chi connectivity index (χ2n) is 5.16. The van der Waals surface area contributed by atoms with Crippen molar-refractivity contribution >= 4 is 27.6 Å². The van der Waals surface area contributed by atoms with Crippen LogP contribution >= 0.6 is 15.9 Å². The van der Waals surface area contributed by atoms with Crippen molar-refractivity contribution in [3.05, 3.63) is 28.2 Å². The zero-order valence-corrected chi connectivity index (χ0v) is 12.0. The number of halogens is 1. The molecule has 3 N–H and O–H groups in total. The molecule has 0 radical (unpaired) electrons. The number of carbonyl (C=O) groups is 1. The van der Waals surface area contributed by atoms with Gasteiger partial charge in [-0.3, -0.25) is 4.79 Å². The summed E-state index contributed by atoms with van der Waals surface area (Å²) in [5.74, 6) is -0.609. The molecule has 0 saturated heterocycles. The maximum Gasteiger partial charge on any atom is 0.311 e. The Kier molecular flexibility index (Phi) is 3.95. The highest BCUT2D eigenvalue weighted by atomic mass is 79.9. The minimum atomic E-state index is -0.765. The summed E-state index contributed by atoms with van der Waals surface area (Å²) in [5, 5.41) is 9.55. The molecule has 0 amide bonds. The van der Waals surface area contributed by atoms with E-state index in [-0.39, 0.29) is 5.92 Å². The Hall–Kier alpha value is -1.03. The van der Waals surface area contributed by atoms with Crippen LogP contribution < -0.4 is 5.73 Å². The van der Waals surface area contributed by atoms with Crippen LogP contribution in [-0.4, -0.2) is 11.1 Å². The molecule has 0 spiro atoms. The smallest absolute Gasteiger partial charge is 0.311 e. The average molecular weight is 312 g/mol. The monoisotopic (exact) mass is 311 g/mol. The topological polar surface area (TPSA) is 63.3 Å². The summed E-state index contributed by atoms with van der Waals surface area (Å²) in [6.07, 6.45) is 3.20. The molecule has 98 valence electrons. The van der Waals surface area contributed by atoms with Gasteiger partial charge in [-0.2, -0.15) is 0 Å². The highest BCUT2D eigenvalue weighted by molar-refractivity contribution is 9.10. The Labute approximate surface area is 116 Å². The van der Waals surface area contributed by atoms with E-state index in [0.717, 1.165) is 29.3 Å². The Bertz CT molecular complexity index is 461. The molecular formula is C14H18BrNO2. The van der Waals surface area contributed by atoms with Crippen LogP contribution in [0.4, 0.5) is 5.69 Å². The zero-order chi connectivity index (χ0) is 13.3. The molecule has 1 aromatic carbocycles. The highest BCUT2D eigenvalue weighted by Gasteiger charge is 2.37. The molecule has 1 aromatic rings. The van der Waals surface area contributed by atoms with E-state index in [2.05, 4.69) is 22.9 Å². The van der Waals surface area contributed by atoms with Gasteiger partial charge >= 0.3 is 5.97 Å². The van der Waals surface area contributed by atoms with Crippen molar-refractivity contribution < 1.29 is 9.90 Å². The van der Waals surface area contributed by atoms with Gasteiger partial charge in [0, 0.05) is 10.2 Å². The van der Waals surface area contributed by atoms with Gasteiger partial charge in [0.2, 0.25) is 0 Å². The second kappa shape index (κ2) is 5.31. The van der Waals surface area contributed by atoms with Crippen molar-refractivity contribution in [2.75, 3.05) is 5.73 Å². The van der Waals surface area contributed by atoms with Crippen molar-refractivity contribution in [2.24, 2.45) is 11.8 Å². The van der Waals surface area contributed by atoms with Crippen molar-refractivity contribution in [3.8, 4) is 0 Å². The van der Waals surface area contributed by atoms with Crippen LogP contribution in [0.5, 0.6) is 0 Å². The number of hydrogen-bond donors (Lipinski definition) is 2. The minimum absolute atomic E-state index is 0.194. The number of carboxylic acids is 1. The summed E-state index contributed by atoms with van der Waals surface area (Å²) >= 11 is 3.39. The summed E-state index contributed by atoms with van der Waals surface area (Å²) in [7, 11) is 0. The summed E-state index contributed by atoms with van der Waals surface area (Å²) in [6.45, 7) is 2.14. The largest absolute Gasteiger partial charge is 0.481 e. The molecule has 3 nitrogen and oxygen atoms in total. The first-order valence-corrected chi connectivity index (χ1v) is 7.07. The molecule has 0 aromatic heterocycles. The minimum Gasteiger partial charge on any atom is -0.481 e. The van der Waals surface area contributed by atoms with Crippen molar-refractivity contribution in [1.82, 2.24) is 0 Å². The predicted octanol–water partition coefficient (Wildman–Crippen LogP) is 3.64. The first-order chi connectivity index (χ1) is 8.50. The number of benzene rings is 1. The lowest BCUT2D eigenvalue weighted by Crippen LogP contribution is -2.24. The maximum atomic E-state index is 11.6. The summed E-state index contributed by atoms with van der Waals surface area (Å²) in [5.41, 5.74) is 7.28. The molecule has 1 saturated carbocycles. The fraction of sp³-hybridized carbons (Fsp3) is 0.500. The van der Waals surface area contributed by atoms with Gasteiger partial charge in [-0.1, -0.05) is 35.7 Å². The van der Waals surface area contributed by atoms with E-state index in [9.17, 15) is 9.90 Å². The third-order valence-electron chi connectivity index (χ3n) is 4.01. The SMILES string of the molecule is CC1CCCC1C(C(=O)O)c1cc(Br)ccc1N. The lowest BCUT2D eigenvalue weighted by Gasteiger charge is -2.25. The van der Waals surface area contributed by atoms with E-state index in [4.69, 9.17) is 5.73 Å². The molecule has 1 aliphatic carbocycles. The van der Waals surface area contributed by atoms with Gasteiger partial charge < -0.3 is 10.8 Å². The molecule has 0 bridgehead atoms. The molecule has 0 aliphatic heterocycles. The van der Waals surface area contributed by atoms with E-state index in [1.165, 1.54) is 0 Å². The molecule has 2 rings (SSSR count). The van der Waals surface area contributed by atoms with Gasteiger partial charge in [0.1, 0.15) is 0 Å². The van der Waals surface area contributed by atoms with E-state index >= 15 is 0 Å². The third kappa shape index (κ3) is 2.53. The van der Waals surface area contributed by atoms with Gasteiger partial charge in [-0.25, -0.2) is 0 Å². The quantitative estimate of drug-likeness (QED) is 0.838. The standard InChI is InChI=1S/C14H18BrNO2/c1-8-3-2-4-10(8)13(14(17)18)11-7-9(15)5-6-12(11)16/h5-8,10,13H,2-4,16H2,1H3,(H,17,18). The summed E-state index contributed by atoms with van der Waals surface area (Å²) < 4.78 is 0.878. The Balaban J connectivity index is 2.41. The summed E-state index contributed by atoms with van der Waals surface area (Å²) in [6, 6.07) is 5.46. The number of nitrogens with two attached hydrogens (primary N) is 1. The lowest BCUT2D eigenvalue weighted by molar-refractivity contribution is -0.140. The molecule has 1 fully saturated rings. The van der Waals surface area contributed by atoms with Crippen molar-refractivity contribution in [1.29, 1.82) is 0 Å². The number of anilines is 1. The number of nitrogen functional groups attached to an aromatic ring is 1. The van der Waals surface area contributed by atoms with Crippen LogP contribution in [0.3, 0.4) is 0 Å². The molecule has 0 heterocycles. The number of carboxylic acid groups (broad SMARTS) is 1. The fourth-order valence-corrected chi connectivity index (χ4v) is 3.41. The van der Waals surface area contributed by atoms with Gasteiger partial charge in [-0.05, 0) is 42.0 Å². The zero-order valence-electron chi connectivity index (χ0n) is 10.4. The summed E-state index contributed by atoms with van der Waals surface area (Å²) in [4.78, 5) is 11.6. The van der Waals surface area contributed by atoms with Crippen LogP contribution in [0.1, 0.15) is 37.7 Å². The Morgan fingerprint density at radius 1 is 1.50 bits per heavy atom. The van der Waals surface area contributed by atoms with Crippen molar-refractivity contribution in [2.45, 2.75) is 32.1 Å². The van der Waals surface area contributed by atoms with Gasteiger partial charge in [0.05, 0.1) is 5.92 Å². The Morgan fingerprint density at radius 3 is 2.78 bits per heavy atom. The van der Waals surface area contributed by atoms with E-state index in [1.54, 1.807) is 6.07 Å². The average Bonchev–Trinajstić information content (AvgIpc) is 2.70.